The van der Waals surface area contributed by atoms with Crippen LogP contribution in [-0.2, 0) is 9.53 Å². The summed E-state index contributed by atoms with van der Waals surface area (Å²) >= 11 is 0. The molecule has 8 nitrogen and oxygen atoms in total. The number of aromatic nitrogens is 2. The lowest BCUT2D eigenvalue weighted by molar-refractivity contribution is -0.156. The first kappa shape index (κ1) is 20.2. The molecule has 1 aromatic rings. The second-order valence-corrected chi connectivity index (χ2v) is 7.76. The van der Waals surface area contributed by atoms with Gasteiger partial charge in [-0.1, -0.05) is 0 Å². The van der Waals surface area contributed by atoms with Gasteiger partial charge in [0.1, 0.15) is 23.6 Å². The van der Waals surface area contributed by atoms with Crippen LogP contribution in [0.1, 0.15) is 38.7 Å². The van der Waals surface area contributed by atoms with Gasteiger partial charge in [-0.2, -0.15) is 13.2 Å². The molecule has 1 atom stereocenters. The molecule has 3 rings (SSSR count). The number of ether oxygens (including phenoxy) is 1. The van der Waals surface area contributed by atoms with E-state index in [1.165, 1.54) is 4.90 Å². The molecule has 0 spiro atoms. The van der Waals surface area contributed by atoms with Gasteiger partial charge < -0.3 is 19.9 Å². The van der Waals surface area contributed by atoms with E-state index in [0.717, 1.165) is 6.33 Å². The van der Waals surface area contributed by atoms with E-state index in [9.17, 15) is 22.8 Å². The van der Waals surface area contributed by atoms with Gasteiger partial charge in [-0.15, -0.1) is 0 Å². The predicted molar refractivity (Wildman–Crippen MR) is 94.1 cm³/mol. The van der Waals surface area contributed by atoms with Crippen LogP contribution < -0.4 is 10.2 Å². The summed E-state index contributed by atoms with van der Waals surface area (Å²) < 4.78 is 46.0. The maximum absolute atomic E-state index is 13.5. The Morgan fingerprint density at radius 1 is 1.18 bits per heavy atom. The molecular weight excluding hydrogens is 379 g/mol. The van der Waals surface area contributed by atoms with Crippen molar-refractivity contribution in [3.8, 4) is 0 Å². The van der Waals surface area contributed by atoms with Crippen molar-refractivity contribution in [1.82, 2.24) is 14.9 Å². The van der Waals surface area contributed by atoms with E-state index in [4.69, 9.17) is 4.74 Å². The van der Waals surface area contributed by atoms with Crippen molar-refractivity contribution < 1.29 is 27.5 Å². The van der Waals surface area contributed by atoms with Crippen molar-refractivity contribution >= 4 is 23.6 Å². The average Bonchev–Trinajstić information content (AvgIpc) is 2.58. The first-order valence-electron chi connectivity index (χ1n) is 8.90. The number of nitrogens with one attached hydrogen (secondary N) is 1. The zero-order valence-electron chi connectivity index (χ0n) is 15.8. The van der Waals surface area contributed by atoms with Crippen LogP contribution >= 0.6 is 0 Å². The lowest BCUT2D eigenvalue weighted by atomic mass is 9.91. The van der Waals surface area contributed by atoms with Crippen LogP contribution in [0, 0.1) is 0 Å². The van der Waals surface area contributed by atoms with Gasteiger partial charge in [-0.05, 0) is 20.8 Å². The molecule has 154 valence electrons. The zero-order valence-corrected chi connectivity index (χ0v) is 15.8. The van der Waals surface area contributed by atoms with Crippen LogP contribution in [0.3, 0.4) is 0 Å². The normalized spacial score (nSPS) is 20.5. The Hall–Kier alpha value is -2.59. The number of alkyl halides is 3. The highest BCUT2D eigenvalue weighted by atomic mass is 19.4. The summed E-state index contributed by atoms with van der Waals surface area (Å²) in [5.74, 6) is -2.67. The third-order valence-corrected chi connectivity index (χ3v) is 4.48. The Morgan fingerprint density at radius 3 is 2.39 bits per heavy atom. The fourth-order valence-electron chi connectivity index (χ4n) is 3.24. The molecule has 0 bridgehead atoms. The number of carbonyl (C=O) groups excluding carboxylic acids is 2. The quantitative estimate of drug-likeness (QED) is 0.778. The fraction of sp³-hybridized carbons (Fsp3) is 0.647. The van der Waals surface area contributed by atoms with Gasteiger partial charge in [0.05, 0.1) is 11.5 Å². The SMILES string of the molecule is CC(C)(C)OC(=O)N1CCN(c2ncnc3c2C(C(F)(F)F)CC(=O)N3)CC1. The zero-order chi connectivity index (χ0) is 20.7. The maximum Gasteiger partial charge on any atom is 0.410 e. The number of carbonyl (C=O) groups is 2. The first-order chi connectivity index (χ1) is 13.0. The highest BCUT2D eigenvalue weighted by Gasteiger charge is 2.48. The molecule has 0 aromatic carbocycles. The van der Waals surface area contributed by atoms with Gasteiger partial charge in [-0.25, -0.2) is 14.8 Å². The van der Waals surface area contributed by atoms with E-state index in [0.29, 0.717) is 13.1 Å². The molecule has 1 aromatic heterocycles. The summed E-state index contributed by atoms with van der Waals surface area (Å²) in [4.78, 5) is 34.9. The second kappa shape index (κ2) is 7.10. The minimum Gasteiger partial charge on any atom is -0.444 e. The highest BCUT2D eigenvalue weighted by Crippen LogP contribution is 2.46. The summed E-state index contributed by atoms with van der Waals surface area (Å²) in [6.07, 6.45) is -4.62. The summed E-state index contributed by atoms with van der Waals surface area (Å²) in [6.45, 7) is 6.45. The molecule has 0 saturated carbocycles. The van der Waals surface area contributed by atoms with Crippen LogP contribution in [0.15, 0.2) is 6.33 Å². The molecular formula is C17H22F3N5O3. The lowest BCUT2D eigenvalue weighted by Gasteiger charge is -2.38. The highest BCUT2D eigenvalue weighted by molar-refractivity contribution is 5.94. The van der Waals surface area contributed by atoms with Gasteiger partial charge in [0.15, 0.2) is 0 Å². The third kappa shape index (κ3) is 4.28. The van der Waals surface area contributed by atoms with E-state index < -0.39 is 36.1 Å². The largest absolute Gasteiger partial charge is 0.444 e. The standard InChI is InChI=1S/C17H22F3N5O3/c1-16(2,3)28-15(27)25-6-4-24(5-7-25)14-12-10(17(18,19)20)8-11(26)23-13(12)21-9-22-14/h9-10H,4-8H2,1-3H3,(H,21,22,23,26). The summed E-state index contributed by atoms with van der Waals surface area (Å²) in [6, 6.07) is 0. The maximum atomic E-state index is 13.5. The Morgan fingerprint density at radius 2 is 1.82 bits per heavy atom. The fourth-order valence-corrected chi connectivity index (χ4v) is 3.24. The molecule has 0 aliphatic carbocycles. The van der Waals surface area contributed by atoms with E-state index in [2.05, 4.69) is 15.3 Å². The molecule has 1 N–H and O–H groups in total. The first-order valence-corrected chi connectivity index (χ1v) is 8.90. The van der Waals surface area contributed by atoms with Crippen molar-refractivity contribution in [2.75, 3.05) is 36.4 Å². The van der Waals surface area contributed by atoms with E-state index in [1.54, 1.807) is 25.7 Å². The molecule has 11 heteroatoms. The number of amides is 2. The number of anilines is 2. The third-order valence-electron chi connectivity index (χ3n) is 4.48. The summed E-state index contributed by atoms with van der Waals surface area (Å²) in [7, 11) is 0. The Balaban J connectivity index is 1.80. The number of fused-ring (bicyclic) bond motifs is 1. The predicted octanol–water partition coefficient (Wildman–Crippen LogP) is 2.52. The van der Waals surface area contributed by atoms with Crippen molar-refractivity contribution in [1.29, 1.82) is 0 Å². The molecule has 1 saturated heterocycles. The van der Waals surface area contributed by atoms with Gasteiger partial charge in [0, 0.05) is 32.6 Å². The van der Waals surface area contributed by atoms with E-state index >= 15 is 0 Å². The van der Waals surface area contributed by atoms with Crippen LogP contribution in [-0.4, -0.2) is 64.8 Å². The van der Waals surface area contributed by atoms with Crippen molar-refractivity contribution in [2.45, 2.75) is 44.9 Å². The van der Waals surface area contributed by atoms with Gasteiger partial charge >= 0.3 is 12.3 Å². The number of nitrogens with zero attached hydrogens (tertiary/aromatic N) is 4. The van der Waals surface area contributed by atoms with Gasteiger partial charge in [0.25, 0.3) is 0 Å². The number of piperazine rings is 1. The van der Waals surface area contributed by atoms with E-state index in [-0.39, 0.29) is 30.3 Å². The number of hydrogen-bond donors (Lipinski definition) is 1. The van der Waals surface area contributed by atoms with Crippen LogP contribution in [0.5, 0.6) is 0 Å². The van der Waals surface area contributed by atoms with Crippen molar-refractivity contribution in [3.05, 3.63) is 11.9 Å². The Bertz CT molecular complexity index is 770. The van der Waals surface area contributed by atoms with Crippen LogP contribution in [0.25, 0.3) is 0 Å². The minimum absolute atomic E-state index is 0.113. The van der Waals surface area contributed by atoms with Crippen molar-refractivity contribution in [3.63, 3.8) is 0 Å². The van der Waals surface area contributed by atoms with Crippen LogP contribution in [0.2, 0.25) is 0 Å². The summed E-state index contributed by atoms with van der Waals surface area (Å²) in [5, 5.41) is 2.39. The average molecular weight is 401 g/mol. The van der Waals surface area contributed by atoms with Gasteiger partial charge in [-0.3, -0.25) is 4.79 Å². The van der Waals surface area contributed by atoms with Crippen molar-refractivity contribution in [2.24, 2.45) is 0 Å². The lowest BCUT2D eigenvalue weighted by Crippen LogP contribution is -2.50. The molecule has 3 heterocycles. The molecule has 1 fully saturated rings. The summed E-state index contributed by atoms with van der Waals surface area (Å²) in [5.41, 5.74) is -0.752. The molecule has 1 unspecified atom stereocenters. The smallest absolute Gasteiger partial charge is 0.410 e. The number of halogens is 3. The number of hydrogen-bond acceptors (Lipinski definition) is 6. The van der Waals surface area contributed by atoms with Gasteiger partial charge in [0.2, 0.25) is 5.91 Å². The van der Waals surface area contributed by atoms with Crippen LogP contribution in [0.4, 0.5) is 29.6 Å². The molecule has 2 amide bonds. The molecule has 2 aliphatic rings. The Kier molecular flexibility index (Phi) is 5.11. The Labute approximate surface area is 160 Å². The molecule has 28 heavy (non-hydrogen) atoms. The number of rotatable bonds is 1. The molecule has 0 radical (unpaired) electrons. The van der Waals surface area contributed by atoms with E-state index in [1.807, 2.05) is 0 Å². The monoisotopic (exact) mass is 401 g/mol. The molecule has 2 aliphatic heterocycles. The second-order valence-electron chi connectivity index (χ2n) is 7.76. The minimum atomic E-state index is -4.59. The topological polar surface area (TPSA) is 87.7 Å².